The monoisotopic (exact) mass is 456 g/mol. The van der Waals surface area contributed by atoms with Crippen LogP contribution in [0.15, 0.2) is 53.6 Å². The molecule has 8 nitrogen and oxygen atoms in total. The Bertz CT molecular complexity index is 1130. The zero-order valence-corrected chi connectivity index (χ0v) is 18.5. The molecule has 2 N–H and O–H groups in total. The molecule has 0 radical (unpaired) electrons. The predicted molar refractivity (Wildman–Crippen MR) is 122 cm³/mol. The van der Waals surface area contributed by atoms with E-state index in [4.69, 9.17) is 21.1 Å². The highest BCUT2D eigenvalue weighted by Gasteiger charge is 2.18. The molecule has 0 amide bonds. The van der Waals surface area contributed by atoms with E-state index in [-0.39, 0.29) is 18.2 Å². The molecule has 9 heteroatoms. The minimum absolute atomic E-state index is 0.253. The number of pyridine rings is 1. The molecule has 3 aromatic rings. The van der Waals surface area contributed by atoms with Crippen LogP contribution in [0.25, 0.3) is 11.3 Å². The number of anilines is 1. The SMILES string of the molecule is COc1cc(C(CO)n2ccc(-c3ccnc(NC4CCOCC4)n3)cc2=O)ccc1Cl. The summed E-state index contributed by atoms with van der Waals surface area (Å²) in [6.45, 7) is 1.19. The number of nitrogens with one attached hydrogen (secondary N) is 1. The summed E-state index contributed by atoms with van der Waals surface area (Å²) in [6, 6.07) is 9.96. The van der Waals surface area contributed by atoms with Crippen LogP contribution in [0, 0.1) is 0 Å². The van der Waals surface area contributed by atoms with Crippen LogP contribution in [0.3, 0.4) is 0 Å². The van der Waals surface area contributed by atoms with Gasteiger partial charge in [0, 0.05) is 43.3 Å². The van der Waals surface area contributed by atoms with Crippen LogP contribution in [0.4, 0.5) is 5.95 Å². The highest BCUT2D eigenvalue weighted by molar-refractivity contribution is 6.32. The lowest BCUT2D eigenvalue weighted by Crippen LogP contribution is -2.28. The topological polar surface area (TPSA) is 98.5 Å². The van der Waals surface area contributed by atoms with E-state index in [1.54, 1.807) is 42.7 Å². The third-order valence-electron chi connectivity index (χ3n) is 5.52. The van der Waals surface area contributed by atoms with Gasteiger partial charge < -0.3 is 24.5 Å². The number of benzene rings is 1. The lowest BCUT2D eigenvalue weighted by Gasteiger charge is -2.23. The zero-order chi connectivity index (χ0) is 22.5. The molecule has 3 heterocycles. The smallest absolute Gasteiger partial charge is 0.251 e. The van der Waals surface area contributed by atoms with Gasteiger partial charge in [-0.15, -0.1) is 0 Å². The maximum atomic E-state index is 12.9. The van der Waals surface area contributed by atoms with Gasteiger partial charge in [-0.1, -0.05) is 17.7 Å². The van der Waals surface area contributed by atoms with Gasteiger partial charge in [0.25, 0.3) is 5.56 Å². The summed E-state index contributed by atoms with van der Waals surface area (Å²) >= 11 is 6.10. The molecule has 4 rings (SSSR count). The number of nitrogens with zero attached hydrogens (tertiary/aromatic N) is 3. The van der Waals surface area contributed by atoms with Crippen molar-refractivity contribution in [1.82, 2.24) is 14.5 Å². The molecule has 2 aromatic heterocycles. The first-order valence-corrected chi connectivity index (χ1v) is 10.8. The average Bonchev–Trinajstić information content (AvgIpc) is 2.82. The second-order valence-electron chi connectivity index (χ2n) is 7.55. The maximum absolute atomic E-state index is 12.9. The largest absolute Gasteiger partial charge is 0.495 e. The van der Waals surface area contributed by atoms with Crippen molar-refractivity contribution in [1.29, 1.82) is 0 Å². The van der Waals surface area contributed by atoms with Crippen molar-refractivity contribution < 1.29 is 14.6 Å². The number of aliphatic hydroxyl groups excluding tert-OH is 1. The minimum atomic E-state index is -0.570. The molecule has 168 valence electrons. The fraction of sp³-hybridized carbons (Fsp3) is 0.348. The molecule has 1 aromatic carbocycles. The van der Waals surface area contributed by atoms with Gasteiger partial charge in [-0.2, -0.15) is 0 Å². The standard InChI is InChI=1S/C23H25ClN4O4/c1-31-21-12-16(2-3-18(21)24)20(14-29)28-9-5-15(13-22(28)30)19-4-8-25-23(27-19)26-17-6-10-32-11-7-17/h2-5,8-9,12-13,17,20,29H,6-7,10-11,14H2,1H3,(H,25,26,27). The Kier molecular flexibility index (Phi) is 7.04. The molecule has 0 bridgehead atoms. The van der Waals surface area contributed by atoms with E-state index in [1.807, 2.05) is 0 Å². The molecule has 1 aliphatic heterocycles. The van der Waals surface area contributed by atoms with Crippen LogP contribution in [-0.2, 0) is 4.74 Å². The molecule has 32 heavy (non-hydrogen) atoms. The molecule has 1 saturated heterocycles. The van der Waals surface area contributed by atoms with Crippen LogP contribution in [0.1, 0.15) is 24.4 Å². The predicted octanol–water partition coefficient (Wildman–Crippen LogP) is 3.14. The van der Waals surface area contributed by atoms with E-state index >= 15 is 0 Å². The summed E-state index contributed by atoms with van der Waals surface area (Å²) in [7, 11) is 1.52. The maximum Gasteiger partial charge on any atom is 0.251 e. The fourth-order valence-electron chi connectivity index (χ4n) is 3.76. The van der Waals surface area contributed by atoms with Crippen LogP contribution in [0.5, 0.6) is 5.75 Å². The number of hydrogen-bond donors (Lipinski definition) is 2. The molecular formula is C23H25ClN4O4. The van der Waals surface area contributed by atoms with Crippen LogP contribution in [-0.4, -0.2) is 52.6 Å². The van der Waals surface area contributed by atoms with E-state index in [1.165, 1.54) is 17.7 Å². The Morgan fingerprint density at radius 1 is 1.28 bits per heavy atom. The number of rotatable bonds is 7. The molecule has 0 spiro atoms. The van der Waals surface area contributed by atoms with Gasteiger partial charge in [0.1, 0.15) is 5.75 Å². The lowest BCUT2D eigenvalue weighted by atomic mass is 10.1. The Balaban J connectivity index is 1.59. The molecule has 0 aliphatic carbocycles. The van der Waals surface area contributed by atoms with Gasteiger partial charge >= 0.3 is 0 Å². The number of ether oxygens (including phenoxy) is 2. The molecule has 1 atom stereocenters. The Morgan fingerprint density at radius 2 is 2.09 bits per heavy atom. The fourth-order valence-corrected chi connectivity index (χ4v) is 3.95. The summed E-state index contributed by atoms with van der Waals surface area (Å²) in [4.78, 5) is 21.8. The number of halogens is 1. The van der Waals surface area contributed by atoms with Crippen LogP contribution in [0.2, 0.25) is 5.02 Å². The first kappa shape index (κ1) is 22.3. The quantitative estimate of drug-likeness (QED) is 0.563. The van der Waals surface area contributed by atoms with E-state index in [0.29, 0.717) is 33.5 Å². The Labute approximate surface area is 190 Å². The normalized spacial score (nSPS) is 15.3. The van der Waals surface area contributed by atoms with Crippen molar-refractivity contribution in [3.05, 3.63) is 69.7 Å². The van der Waals surface area contributed by atoms with Crippen molar-refractivity contribution in [3.8, 4) is 17.0 Å². The molecule has 0 saturated carbocycles. The van der Waals surface area contributed by atoms with E-state index in [9.17, 15) is 9.90 Å². The van der Waals surface area contributed by atoms with Crippen molar-refractivity contribution in [3.63, 3.8) is 0 Å². The number of hydrogen-bond acceptors (Lipinski definition) is 7. The lowest BCUT2D eigenvalue weighted by molar-refractivity contribution is 0.0903. The third-order valence-corrected chi connectivity index (χ3v) is 5.83. The third kappa shape index (κ3) is 4.93. The molecule has 1 unspecified atom stereocenters. The molecular weight excluding hydrogens is 432 g/mol. The van der Waals surface area contributed by atoms with Gasteiger partial charge in [0.2, 0.25) is 5.95 Å². The zero-order valence-electron chi connectivity index (χ0n) is 17.7. The summed E-state index contributed by atoms with van der Waals surface area (Å²) in [5.41, 5.74) is 1.78. The highest BCUT2D eigenvalue weighted by Crippen LogP contribution is 2.29. The van der Waals surface area contributed by atoms with E-state index in [2.05, 4.69) is 15.3 Å². The van der Waals surface area contributed by atoms with Crippen molar-refractivity contribution in [2.45, 2.75) is 24.9 Å². The number of aromatic nitrogens is 3. The average molecular weight is 457 g/mol. The second kappa shape index (κ2) is 10.1. The Hall–Kier alpha value is -2.94. The number of aliphatic hydroxyl groups is 1. The Morgan fingerprint density at radius 3 is 2.81 bits per heavy atom. The van der Waals surface area contributed by atoms with Crippen LogP contribution >= 0.6 is 11.6 Å². The summed E-state index contributed by atoms with van der Waals surface area (Å²) < 4.78 is 12.1. The van der Waals surface area contributed by atoms with Crippen LogP contribution < -0.4 is 15.6 Å². The second-order valence-corrected chi connectivity index (χ2v) is 7.96. The minimum Gasteiger partial charge on any atom is -0.495 e. The summed E-state index contributed by atoms with van der Waals surface area (Å²) in [6.07, 6.45) is 5.14. The van der Waals surface area contributed by atoms with Crippen molar-refractivity contribution in [2.75, 3.05) is 32.2 Å². The van der Waals surface area contributed by atoms with E-state index < -0.39 is 6.04 Å². The van der Waals surface area contributed by atoms with Gasteiger partial charge in [0.15, 0.2) is 0 Å². The first-order chi connectivity index (χ1) is 15.6. The number of methoxy groups -OCH3 is 1. The summed E-state index contributed by atoms with van der Waals surface area (Å²) in [5.74, 6) is 1.01. The van der Waals surface area contributed by atoms with Crippen molar-refractivity contribution >= 4 is 17.5 Å². The van der Waals surface area contributed by atoms with E-state index in [0.717, 1.165) is 26.1 Å². The van der Waals surface area contributed by atoms with Crippen molar-refractivity contribution in [2.24, 2.45) is 0 Å². The van der Waals surface area contributed by atoms with Gasteiger partial charge in [-0.05, 0) is 42.7 Å². The highest BCUT2D eigenvalue weighted by atomic mass is 35.5. The molecule has 1 aliphatic rings. The van der Waals surface area contributed by atoms with Gasteiger partial charge in [0.05, 0.1) is 30.5 Å². The van der Waals surface area contributed by atoms with Gasteiger partial charge in [-0.3, -0.25) is 4.79 Å². The van der Waals surface area contributed by atoms with Gasteiger partial charge in [-0.25, -0.2) is 9.97 Å². The molecule has 1 fully saturated rings. The summed E-state index contributed by atoms with van der Waals surface area (Å²) in [5, 5.41) is 13.8. The first-order valence-electron chi connectivity index (χ1n) is 10.4.